The molecule has 2 aliphatic carbocycles. The number of Topliss-reactive ketones (excluding diaryl/α,β-unsaturated/α-hetero) is 2. The van der Waals surface area contributed by atoms with Crippen molar-refractivity contribution in [3.8, 4) is 23.0 Å². The first-order valence-corrected chi connectivity index (χ1v) is 51.6. The molecule has 2 amide bonds. The van der Waals surface area contributed by atoms with E-state index in [-0.39, 0.29) is 55.8 Å². The van der Waals surface area contributed by atoms with Gasteiger partial charge < -0.3 is 34.9 Å². The summed E-state index contributed by atoms with van der Waals surface area (Å²) < 4.78 is 22.8. The molecule has 15 rings (SSSR count). The van der Waals surface area contributed by atoms with E-state index in [0.717, 1.165) is 96.1 Å². The first kappa shape index (κ1) is 118. The summed E-state index contributed by atoms with van der Waals surface area (Å²) in [5.74, 6) is 4.70. The maximum atomic E-state index is 12.2. The van der Waals surface area contributed by atoms with Crippen LogP contribution in [0, 0.1) is 11.3 Å². The summed E-state index contributed by atoms with van der Waals surface area (Å²) in [5.41, 5.74) is 18.7. The average Bonchev–Trinajstić information content (AvgIpc) is 1.40. The number of nitrogens with one attached hydrogen (secondary N) is 3. The first-order chi connectivity index (χ1) is 67.5. The van der Waals surface area contributed by atoms with Crippen LogP contribution in [0.5, 0.6) is 23.0 Å². The van der Waals surface area contributed by atoms with Crippen molar-refractivity contribution in [3.63, 3.8) is 0 Å². The highest BCUT2D eigenvalue weighted by Crippen LogP contribution is 2.33. The van der Waals surface area contributed by atoms with Gasteiger partial charge in [-0.05, 0) is 235 Å². The molecule has 1 unspecified atom stereocenters. The molecule has 15 heteroatoms. The van der Waals surface area contributed by atoms with Gasteiger partial charge in [0.1, 0.15) is 55.2 Å². The summed E-state index contributed by atoms with van der Waals surface area (Å²) in [7, 11) is 1.62. The number of carbonyl (C=O) groups is 4. The molecule has 0 bridgehead atoms. The molecule has 4 heterocycles. The van der Waals surface area contributed by atoms with E-state index in [4.69, 9.17) is 18.9 Å². The van der Waals surface area contributed by atoms with Crippen molar-refractivity contribution in [1.82, 2.24) is 35.9 Å². The van der Waals surface area contributed by atoms with E-state index in [1.165, 1.54) is 88.6 Å². The Bertz CT molecular complexity index is 5180. The fourth-order valence-corrected chi connectivity index (χ4v) is 15.5. The first-order valence-electron chi connectivity index (χ1n) is 51.6. The third kappa shape index (κ3) is 46.8. The van der Waals surface area contributed by atoms with Crippen LogP contribution in [0.1, 0.15) is 343 Å². The molecule has 3 fully saturated rings. The number of amides is 2. The molecule has 12 aromatic rings. The summed E-state index contributed by atoms with van der Waals surface area (Å²) in [6.07, 6.45) is 25.8. The Kier molecular flexibility index (Phi) is 47.7. The average molecular weight is 1940 g/mol. The number of hydrogen-bond donors (Lipinski definition) is 3. The summed E-state index contributed by atoms with van der Waals surface area (Å²) in [4.78, 5) is 63.8. The van der Waals surface area contributed by atoms with Crippen LogP contribution in [0.2, 0.25) is 0 Å². The number of aromatic nitrogens is 4. The minimum atomic E-state index is -0.0411. The molecule has 0 radical (unpaired) electrons. The second-order valence-corrected chi connectivity index (χ2v) is 46.4. The van der Waals surface area contributed by atoms with E-state index in [1.54, 1.807) is 50.2 Å². The van der Waals surface area contributed by atoms with Crippen molar-refractivity contribution in [2.75, 3.05) is 13.6 Å². The van der Waals surface area contributed by atoms with Gasteiger partial charge in [0.05, 0.1) is 23.6 Å². The lowest BCUT2D eigenvalue weighted by molar-refractivity contribution is -0.123. The summed E-state index contributed by atoms with van der Waals surface area (Å²) in [6, 6.07) is 87.8. The smallest absolute Gasteiger partial charge is 0.251 e. The van der Waals surface area contributed by atoms with Crippen LogP contribution in [-0.4, -0.2) is 69.0 Å². The molecule has 766 valence electrons. The maximum Gasteiger partial charge on any atom is 0.251 e. The Labute approximate surface area is 861 Å². The van der Waals surface area contributed by atoms with E-state index < -0.39 is 0 Å². The summed E-state index contributed by atoms with van der Waals surface area (Å²) >= 11 is 0. The van der Waals surface area contributed by atoms with E-state index in [9.17, 15) is 19.2 Å². The van der Waals surface area contributed by atoms with Gasteiger partial charge in [-0.2, -0.15) is 0 Å². The van der Waals surface area contributed by atoms with E-state index >= 15 is 0 Å². The number of nitrogens with zero attached hydrogens (tertiary/aromatic N) is 4. The van der Waals surface area contributed by atoms with Crippen LogP contribution in [0.15, 0.2) is 298 Å². The van der Waals surface area contributed by atoms with Gasteiger partial charge in [0.15, 0.2) is 5.78 Å². The monoisotopic (exact) mass is 1930 g/mol. The number of carbonyl (C=O) groups excluding carboxylic acids is 4. The molecule has 1 aliphatic heterocycles. The van der Waals surface area contributed by atoms with E-state index in [2.05, 4.69) is 330 Å². The van der Waals surface area contributed by atoms with Gasteiger partial charge in [-0.25, -0.2) is 0 Å². The number of ketones is 2. The fourth-order valence-electron chi connectivity index (χ4n) is 15.5. The van der Waals surface area contributed by atoms with Crippen molar-refractivity contribution in [2.24, 2.45) is 11.3 Å². The van der Waals surface area contributed by atoms with Gasteiger partial charge in [-0.3, -0.25) is 39.1 Å². The molecule has 2 saturated carbocycles. The Morgan fingerprint density at radius 1 is 0.301 bits per heavy atom. The van der Waals surface area contributed by atoms with E-state index in [0.29, 0.717) is 73.8 Å². The molecule has 9 aromatic carbocycles. The van der Waals surface area contributed by atoms with Gasteiger partial charge in [-0.15, -0.1) is 0 Å². The Morgan fingerprint density at radius 2 is 0.643 bits per heavy atom. The van der Waals surface area contributed by atoms with Crippen molar-refractivity contribution in [2.45, 2.75) is 339 Å². The highest BCUT2D eigenvalue weighted by Gasteiger charge is 2.26. The molecule has 1 saturated heterocycles. The molecule has 1 atom stereocenters. The number of rotatable bonds is 21. The third-order valence-corrected chi connectivity index (χ3v) is 24.5. The van der Waals surface area contributed by atoms with Gasteiger partial charge in [0.25, 0.3) is 11.8 Å². The predicted molar refractivity (Wildman–Crippen MR) is 595 cm³/mol. The Morgan fingerprint density at radius 3 is 1.01 bits per heavy atom. The molecular formula is C128H171N7O8. The minimum absolute atomic E-state index is 0.0411. The highest BCUT2D eigenvalue weighted by atomic mass is 16.5. The van der Waals surface area contributed by atoms with Gasteiger partial charge in [0, 0.05) is 79.5 Å². The lowest BCUT2D eigenvalue weighted by Gasteiger charge is -2.23. The molecule has 0 spiro atoms. The van der Waals surface area contributed by atoms with E-state index in [1.807, 2.05) is 134 Å². The zero-order chi connectivity index (χ0) is 105. The highest BCUT2D eigenvalue weighted by molar-refractivity contribution is 5.95. The normalized spacial score (nSPS) is 13.8. The quantitative estimate of drug-likeness (QED) is 0.0616. The third-order valence-electron chi connectivity index (χ3n) is 24.5. The van der Waals surface area contributed by atoms with Crippen molar-refractivity contribution >= 4 is 23.4 Å². The minimum Gasteiger partial charge on any atom is -0.489 e. The fraction of sp³-hybridized carbons (Fsp3) is 0.438. The Hall–Kier alpha value is -12.2. The largest absolute Gasteiger partial charge is 0.489 e. The second-order valence-electron chi connectivity index (χ2n) is 46.4. The van der Waals surface area contributed by atoms with Crippen LogP contribution in [0.25, 0.3) is 0 Å². The van der Waals surface area contributed by atoms with Crippen LogP contribution in [0.3, 0.4) is 0 Å². The lowest BCUT2D eigenvalue weighted by Crippen LogP contribution is -2.36. The summed E-state index contributed by atoms with van der Waals surface area (Å²) in [5, 5.41) is 8.96. The van der Waals surface area contributed by atoms with Crippen molar-refractivity contribution in [1.29, 1.82) is 0 Å². The number of hydrogen-bond acceptors (Lipinski definition) is 13. The van der Waals surface area contributed by atoms with Crippen LogP contribution >= 0.6 is 0 Å². The van der Waals surface area contributed by atoms with Crippen LogP contribution < -0.4 is 34.9 Å². The topological polar surface area (TPSA) is 193 Å². The van der Waals surface area contributed by atoms with Gasteiger partial charge in [0.2, 0.25) is 0 Å². The molecule has 143 heavy (non-hydrogen) atoms. The molecule has 15 nitrogen and oxygen atoms in total. The SMILES string of the molecule is CC(C)(C)C.CC(C)(C)c1ccc(C(=O)NC2CCCCC2)cc1.CC(C)(C)c1ccc(CC(=O)C2CCCCC2)cc1.CC(C)(C)c1ccc(CC(=O)C2CCCN2)cc1.CC(C)(C)c1ccc(OCc2ccccc2)cc1.CC(C)(C)c1ccc(OCc2ccccn2)cc1.CC(C)(C)c1ccc(OCc2cccnc2)cc1.CC(C)(C)c1ccc(OCc2cnccn2)cc1.CNC(=O)c1ccccc1. The van der Waals surface area contributed by atoms with Gasteiger partial charge in [-0.1, -0.05) is 381 Å². The number of ether oxygens (including phenoxy) is 4. The maximum absolute atomic E-state index is 12.2. The predicted octanol–water partition coefficient (Wildman–Crippen LogP) is 30.5. The zero-order valence-electron chi connectivity index (χ0n) is 91.5. The number of benzene rings is 9. The van der Waals surface area contributed by atoms with Crippen LogP contribution in [-0.2, 0) is 86.8 Å². The van der Waals surface area contributed by atoms with Gasteiger partial charge >= 0.3 is 0 Å². The molecule has 3 aliphatic rings. The lowest BCUT2D eigenvalue weighted by atomic mass is 9.83. The Balaban J connectivity index is 0.000000221. The van der Waals surface area contributed by atoms with Crippen molar-refractivity contribution in [3.05, 3.63) is 382 Å². The molecule has 3 N–H and O–H groups in total. The number of pyridine rings is 2. The zero-order valence-corrected chi connectivity index (χ0v) is 91.5. The molecular weight excluding hydrogens is 1760 g/mol. The summed E-state index contributed by atoms with van der Waals surface area (Å²) in [6.45, 7) is 58.2. The standard InChI is InChI=1S/C18H26O.C17H25NO.C17H20O.C16H19NO.C16H23NO.C16H19NO.C15H18N2O.C8H9NO.C5H12/c1-18(2,3)16-11-9-14(10-12-16)13-17(19)15-7-5-4-6-8-15;1-17(2,3)14-11-9-13(10-12-14)16(19)18-15-7-5-4-6-8-15;1-17(2,3)15-9-11-16(12-10-15)18-13-14-7-5-4-6-8-14;1-16(2,3)14-6-8-15(9-7-14)18-12-13-5-4-10-17-11-13;1-16(2,3)13-8-6-12(7-9-13)11-15(18)14-5-4-10-17-14;1-16(2,3)13-7-9-15(10-8-13)18-12-14-6-4-5-11-17-14;1-15(2,3)12-4-6-14(7-5-12)18-11-13-10-16-8-9-17-13;1-9-8(10)7-5-3-2-4-6-7;1-5(2,3)4/h9-12,15H,4-8,13H2,1-3H3;9-12,15H,4-8H2,1-3H3,(H,18,19);4-12H,13H2,1-3H3;4-11H,12H2,1-3H3;6-9,14,17H,4-5,10-11H2,1-3H3;4-11H,12H2,1-3H3;4-10H,11H2,1-3H3;2-6H,1H3,(H,9,10);1-4H3. The molecule has 3 aromatic heterocycles. The second kappa shape index (κ2) is 57.9. The van der Waals surface area contributed by atoms with Crippen LogP contribution in [0.4, 0.5) is 0 Å². The van der Waals surface area contributed by atoms with Crippen molar-refractivity contribution < 1.29 is 38.1 Å².